The first-order valence-corrected chi connectivity index (χ1v) is 23.4. The molecule has 0 N–H and O–H groups in total. The molecule has 0 aliphatic rings. The van der Waals surface area contributed by atoms with Crippen molar-refractivity contribution >= 4 is 62.8 Å². The van der Waals surface area contributed by atoms with Crippen LogP contribution in [0.4, 0.5) is 0 Å². The van der Waals surface area contributed by atoms with Crippen LogP contribution in [0, 0.1) is 0 Å². The first kappa shape index (κ1) is 10.6. The van der Waals surface area contributed by atoms with Crippen LogP contribution in [0.2, 0.25) is 0 Å². The Labute approximate surface area is 67.5 Å². The molecule has 0 rings (SSSR count). The second kappa shape index (κ2) is 15.9. The Bertz CT molecular complexity index is 9.61. The van der Waals surface area contributed by atoms with Gasteiger partial charge in [-0.25, -0.2) is 0 Å². The molecule has 0 bridgehead atoms. The van der Waals surface area contributed by atoms with Gasteiger partial charge in [0.05, 0.1) is 0 Å². The van der Waals surface area contributed by atoms with Crippen molar-refractivity contribution in [1.82, 2.24) is 0 Å². The molecule has 0 nitrogen and oxygen atoms in total. The van der Waals surface area contributed by atoms with Gasteiger partial charge in [0.2, 0.25) is 0 Å². The van der Waals surface area contributed by atoms with Gasteiger partial charge in [-0.3, -0.25) is 0 Å². The topological polar surface area (TPSA) is 0 Å². The van der Waals surface area contributed by atoms with Crippen molar-refractivity contribution in [3.05, 3.63) is 0 Å². The normalized spacial score (nSPS) is 4.80. The Morgan fingerprint density at radius 1 is 1.40 bits per heavy atom. The minimum atomic E-state index is 0.0233. The second-order valence-corrected chi connectivity index (χ2v) is 28.2. The number of rotatable bonds is 0. The van der Waals surface area contributed by atoms with Crippen LogP contribution in [-0.2, 0) is 0 Å². The van der Waals surface area contributed by atoms with Crippen molar-refractivity contribution in [3.63, 3.8) is 0 Å². The Balaban J connectivity index is 0. The zero-order chi connectivity index (χ0) is 4.71. The Morgan fingerprint density at radius 3 is 1.40 bits per heavy atom. The fourth-order valence-corrected chi connectivity index (χ4v) is 0. The van der Waals surface area contributed by atoms with Gasteiger partial charge in [-0.05, 0) is 0 Å². The molecule has 0 aromatic carbocycles. The van der Waals surface area contributed by atoms with E-state index in [1.54, 1.807) is 0 Å². The summed E-state index contributed by atoms with van der Waals surface area (Å²) in [4.78, 5) is 0. The van der Waals surface area contributed by atoms with Crippen molar-refractivity contribution in [3.8, 4) is 0 Å². The molecule has 0 aliphatic heterocycles. The van der Waals surface area contributed by atoms with Gasteiger partial charge in [0.15, 0.2) is 0 Å². The van der Waals surface area contributed by atoms with Gasteiger partial charge >= 0.3 is 51.2 Å². The molecule has 4 heteroatoms. The SMILES string of the molecule is CCl.[I][Pb][I]. The van der Waals surface area contributed by atoms with Gasteiger partial charge in [0.25, 0.3) is 0 Å². The van der Waals surface area contributed by atoms with Crippen molar-refractivity contribution < 1.29 is 0 Å². The molecule has 0 saturated heterocycles. The number of alkyl halides is 1. The van der Waals surface area contributed by atoms with Gasteiger partial charge in [-0.1, -0.05) is 0 Å². The van der Waals surface area contributed by atoms with E-state index in [9.17, 15) is 0 Å². The third kappa shape index (κ3) is 20.4. The number of halogens is 3. The van der Waals surface area contributed by atoms with Crippen LogP contribution in [0.5, 0.6) is 0 Å². The minimum absolute atomic E-state index is 0.0233. The van der Waals surface area contributed by atoms with E-state index >= 15 is 0 Å². The zero-order valence-electron chi connectivity index (χ0n) is 2.63. The first-order chi connectivity index (χ1) is 2.41. The molecule has 0 aromatic heterocycles. The average Bonchev–Trinajstić information content (AvgIpc) is 1.46. The van der Waals surface area contributed by atoms with E-state index in [4.69, 9.17) is 0 Å². The summed E-state index contributed by atoms with van der Waals surface area (Å²) < 4.78 is 0. The Morgan fingerprint density at radius 2 is 1.40 bits per heavy atom. The molecule has 0 spiro atoms. The number of hydrogen-bond donors (Lipinski definition) is 0. The molecule has 0 heterocycles. The summed E-state index contributed by atoms with van der Waals surface area (Å²) in [5.74, 6) is 0. The maximum atomic E-state index is 4.64. The number of hydrogen-bond acceptors (Lipinski definition) is 0. The van der Waals surface area contributed by atoms with Crippen LogP contribution < -0.4 is 0 Å². The molecule has 0 aromatic rings. The van der Waals surface area contributed by atoms with Crippen molar-refractivity contribution in [2.24, 2.45) is 0 Å². The van der Waals surface area contributed by atoms with Crippen LogP contribution in [0.3, 0.4) is 0 Å². The van der Waals surface area contributed by atoms with E-state index in [-0.39, 0.29) is 15.6 Å². The fraction of sp³-hybridized carbons (Fsp3) is 1.00. The Kier molecular flexibility index (Phi) is 33.8. The van der Waals surface area contributed by atoms with E-state index in [1.807, 2.05) is 0 Å². The molecular weight excluding hydrogens is 508 g/mol. The van der Waals surface area contributed by atoms with Crippen molar-refractivity contribution in [1.29, 1.82) is 0 Å². The second-order valence-electron chi connectivity index (χ2n) is 0.0714. The molecule has 0 aliphatic carbocycles. The van der Waals surface area contributed by atoms with Crippen LogP contribution >= 0.6 is 47.1 Å². The van der Waals surface area contributed by atoms with Crippen LogP contribution in [0.1, 0.15) is 0 Å². The molecule has 0 fully saturated rings. The maximum absolute atomic E-state index is 4.64. The summed E-state index contributed by atoms with van der Waals surface area (Å²) in [6, 6.07) is 0. The van der Waals surface area contributed by atoms with Gasteiger partial charge < -0.3 is 0 Å². The molecule has 0 amide bonds. The molecule has 0 atom stereocenters. The van der Waals surface area contributed by atoms with Gasteiger partial charge in [-0.15, -0.1) is 11.6 Å². The van der Waals surface area contributed by atoms with E-state index in [1.165, 1.54) is 6.38 Å². The van der Waals surface area contributed by atoms with Crippen molar-refractivity contribution in [2.75, 3.05) is 6.38 Å². The summed E-state index contributed by atoms with van der Waals surface area (Å²) >= 11 is 9.60. The van der Waals surface area contributed by atoms with Gasteiger partial charge in [-0.2, -0.15) is 0 Å². The first-order valence-electron chi connectivity index (χ1n) is 0.756. The van der Waals surface area contributed by atoms with Crippen LogP contribution in [-0.4, -0.2) is 22.0 Å². The summed E-state index contributed by atoms with van der Waals surface area (Å²) in [7, 11) is 0. The van der Waals surface area contributed by atoms with Crippen molar-refractivity contribution in [2.45, 2.75) is 0 Å². The average molecular weight is 511 g/mol. The van der Waals surface area contributed by atoms with Crippen LogP contribution in [0.15, 0.2) is 0 Å². The third-order valence-corrected chi connectivity index (χ3v) is 0. The summed E-state index contributed by atoms with van der Waals surface area (Å²) in [5.41, 5.74) is 0. The zero-order valence-corrected chi connectivity index (χ0v) is 11.6. The van der Waals surface area contributed by atoms with E-state index in [0.29, 0.717) is 0 Å². The molecule has 0 unspecified atom stereocenters. The standard InChI is InChI=1S/CH3Cl.2HI.Pb/c1-2;;;/h1H3;2*1H;/q;;;+2/p-2. The fourth-order valence-electron chi connectivity index (χ4n) is 0. The summed E-state index contributed by atoms with van der Waals surface area (Å²) in [5, 5.41) is 0. The third-order valence-electron chi connectivity index (χ3n) is 0. The quantitative estimate of drug-likeness (QED) is 0.266. The molecular formula is CH3ClI2Pb. The van der Waals surface area contributed by atoms with E-state index in [2.05, 4.69) is 47.1 Å². The van der Waals surface area contributed by atoms with E-state index in [0.717, 1.165) is 0 Å². The molecule has 5 heavy (non-hydrogen) atoms. The van der Waals surface area contributed by atoms with Gasteiger partial charge in [0.1, 0.15) is 0 Å². The predicted octanol–water partition coefficient (Wildman–Crippen LogP) is 2.25. The molecule has 32 valence electrons. The molecule has 2 radical (unpaired) electrons. The monoisotopic (exact) mass is 512 g/mol. The van der Waals surface area contributed by atoms with Gasteiger partial charge in [0, 0.05) is 6.38 Å². The predicted molar refractivity (Wildman–Crippen MR) is 45.6 cm³/mol. The summed E-state index contributed by atoms with van der Waals surface area (Å²) in [6.45, 7) is 0. The van der Waals surface area contributed by atoms with Crippen LogP contribution in [0.25, 0.3) is 0 Å². The molecule has 0 saturated carbocycles. The van der Waals surface area contributed by atoms with E-state index < -0.39 is 0 Å². The Hall–Kier alpha value is 2.67. The summed E-state index contributed by atoms with van der Waals surface area (Å²) in [6.07, 6.45) is 1.47.